The Labute approximate surface area is 122 Å². The van der Waals surface area contributed by atoms with Crippen LogP contribution in [0.15, 0.2) is 9.72 Å². The van der Waals surface area contributed by atoms with Crippen molar-refractivity contribution in [1.29, 1.82) is 0 Å². The molecule has 1 saturated carbocycles. The van der Waals surface area contributed by atoms with Crippen molar-refractivity contribution in [3.8, 4) is 0 Å². The van der Waals surface area contributed by atoms with Gasteiger partial charge in [-0.15, -0.1) is 11.3 Å². The molecule has 2 rings (SSSR count). The van der Waals surface area contributed by atoms with E-state index in [-0.39, 0.29) is 15.9 Å². The van der Waals surface area contributed by atoms with Crippen molar-refractivity contribution in [3.05, 3.63) is 11.2 Å². The fraction of sp³-hybridized carbons (Fsp3) is 0.667. The van der Waals surface area contributed by atoms with E-state index in [9.17, 15) is 13.2 Å². The number of aromatic nitrogens is 1. The Bertz CT molecular complexity index is 590. The van der Waals surface area contributed by atoms with E-state index in [1.807, 2.05) is 13.8 Å². The van der Waals surface area contributed by atoms with Gasteiger partial charge in [-0.2, -0.15) is 4.31 Å². The zero-order valence-electron chi connectivity index (χ0n) is 11.4. The van der Waals surface area contributed by atoms with Crippen molar-refractivity contribution in [2.75, 3.05) is 6.54 Å². The molecule has 0 spiro atoms. The molecule has 112 valence electrons. The number of carboxylic acid groups (broad SMARTS) is 1. The van der Waals surface area contributed by atoms with Gasteiger partial charge in [0.2, 0.25) is 0 Å². The van der Waals surface area contributed by atoms with Crippen LogP contribution in [0.1, 0.15) is 43.6 Å². The predicted molar refractivity (Wildman–Crippen MR) is 75.4 cm³/mol. The fourth-order valence-corrected chi connectivity index (χ4v) is 4.87. The van der Waals surface area contributed by atoms with E-state index in [1.165, 1.54) is 9.82 Å². The average molecular weight is 318 g/mol. The van der Waals surface area contributed by atoms with Crippen molar-refractivity contribution in [3.63, 3.8) is 0 Å². The number of carbonyl (C=O) groups is 1. The van der Waals surface area contributed by atoms with Crippen molar-refractivity contribution in [2.24, 2.45) is 5.92 Å². The van der Waals surface area contributed by atoms with Crippen molar-refractivity contribution in [2.45, 2.75) is 43.4 Å². The molecule has 1 fully saturated rings. The van der Waals surface area contributed by atoms with E-state index in [1.54, 1.807) is 0 Å². The third-order valence-electron chi connectivity index (χ3n) is 3.16. The number of carboxylic acids is 1. The molecule has 1 N–H and O–H groups in total. The van der Waals surface area contributed by atoms with Crippen molar-refractivity contribution >= 4 is 27.3 Å². The maximum atomic E-state index is 12.6. The summed E-state index contributed by atoms with van der Waals surface area (Å²) in [4.78, 5) is 14.7. The van der Waals surface area contributed by atoms with Gasteiger partial charge >= 0.3 is 5.97 Å². The molecule has 0 bridgehead atoms. The maximum Gasteiger partial charge on any atom is 0.356 e. The van der Waals surface area contributed by atoms with Gasteiger partial charge in [0.05, 0.1) is 5.51 Å². The molecule has 0 radical (unpaired) electrons. The molecule has 8 heteroatoms. The van der Waals surface area contributed by atoms with E-state index in [4.69, 9.17) is 5.11 Å². The quantitative estimate of drug-likeness (QED) is 0.831. The molecule has 6 nitrogen and oxygen atoms in total. The highest BCUT2D eigenvalue weighted by Crippen LogP contribution is 2.34. The van der Waals surface area contributed by atoms with Gasteiger partial charge in [-0.3, -0.25) is 0 Å². The van der Waals surface area contributed by atoms with E-state index < -0.39 is 16.0 Å². The summed E-state index contributed by atoms with van der Waals surface area (Å²) in [6, 6.07) is 0.0162. The number of aromatic carboxylic acids is 1. The Morgan fingerprint density at radius 2 is 2.20 bits per heavy atom. The summed E-state index contributed by atoms with van der Waals surface area (Å²) in [5.74, 6) is -0.906. The Kier molecular flexibility index (Phi) is 4.46. The summed E-state index contributed by atoms with van der Waals surface area (Å²) < 4.78 is 26.6. The molecule has 0 aromatic carbocycles. The van der Waals surface area contributed by atoms with Crippen LogP contribution in [0, 0.1) is 5.92 Å². The minimum absolute atomic E-state index is 0.0162. The maximum absolute atomic E-state index is 12.6. The number of rotatable bonds is 7. The lowest BCUT2D eigenvalue weighted by molar-refractivity contribution is 0.0687. The Hall–Kier alpha value is -0.990. The van der Waals surface area contributed by atoms with E-state index in [2.05, 4.69) is 4.98 Å². The molecule has 1 heterocycles. The largest absolute Gasteiger partial charge is 0.476 e. The summed E-state index contributed by atoms with van der Waals surface area (Å²) >= 11 is 0.871. The standard InChI is InChI=1S/C12H18N2O4S2/c1-8(2)5-6-14(9-3-4-9)20(17,18)12-10(11(15)16)13-7-19-12/h7-9H,3-6H2,1-2H3,(H,15,16). The fourth-order valence-electron chi connectivity index (χ4n) is 1.91. The molecule has 0 saturated heterocycles. The van der Waals surface area contributed by atoms with E-state index in [0.717, 1.165) is 30.6 Å². The van der Waals surface area contributed by atoms with Crippen LogP contribution < -0.4 is 0 Å². The van der Waals surface area contributed by atoms with Gasteiger partial charge in [0.25, 0.3) is 10.0 Å². The molecule has 0 amide bonds. The molecule has 0 aliphatic heterocycles. The van der Waals surface area contributed by atoms with Gasteiger partial charge in [-0.1, -0.05) is 13.8 Å². The highest BCUT2D eigenvalue weighted by atomic mass is 32.2. The lowest BCUT2D eigenvalue weighted by atomic mass is 10.1. The summed E-state index contributed by atoms with van der Waals surface area (Å²) in [5.41, 5.74) is 0.898. The van der Waals surface area contributed by atoms with Gasteiger partial charge in [-0.05, 0) is 25.2 Å². The lowest BCUT2D eigenvalue weighted by Gasteiger charge is -2.22. The van der Waals surface area contributed by atoms with Crippen molar-refractivity contribution < 1.29 is 18.3 Å². The summed E-state index contributed by atoms with van der Waals surface area (Å²) in [5, 5.41) is 9.03. The first-order chi connectivity index (χ1) is 9.34. The first-order valence-electron chi connectivity index (χ1n) is 6.52. The van der Waals surface area contributed by atoms with E-state index >= 15 is 0 Å². The minimum atomic E-state index is -3.76. The Balaban J connectivity index is 2.30. The second kappa shape index (κ2) is 5.79. The third kappa shape index (κ3) is 3.18. The molecule has 1 aliphatic carbocycles. The van der Waals surface area contributed by atoms with Crippen LogP contribution in [0.2, 0.25) is 0 Å². The van der Waals surface area contributed by atoms with Crippen LogP contribution in [0.25, 0.3) is 0 Å². The molecule has 1 aromatic rings. The van der Waals surface area contributed by atoms with Gasteiger partial charge in [0.1, 0.15) is 0 Å². The molecule has 1 aliphatic rings. The van der Waals surface area contributed by atoms with Crippen LogP contribution in [0.4, 0.5) is 0 Å². The zero-order valence-corrected chi connectivity index (χ0v) is 13.1. The molecule has 20 heavy (non-hydrogen) atoms. The normalized spacial score (nSPS) is 16.0. The Morgan fingerprint density at radius 1 is 1.55 bits per heavy atom. The SMILES string of the molecule is CC(C)CCN(C1CC1)S(=O)(=O)c1scnc1C(=O)O. The summed E-state index contributed by atoms with van der Waals surface area (Å²) in [6.07, 6.45) is 2.45. The molecule has 1 aromatic heterocycles. The number of hydrogen-bond donors (Lipinski definition) is 1. The number of sulfonamides is 1. The van der Waals surface area contributed by atoms with Gasteiger partial charge in [0, 0.05) is 12.6 Å². The number of nitrogens with zero attached hydrogens (tertiary/aromatic N) is 2. The van der Waals surface area contributed by atoms with Crippen LogP contribution >= 0.6 is 11.3 Å². The smallest absolute Gasteiger partial charge is 0.356 e. The number of thiazole rings is 1. The van der Waals surface area contributed by atoms with Crippen LogP contribution in [0.3, 0.4) is 0 Å². The van der Waals surface area contributed by atoms with Crippen LogP contribution in [0.5, 0.6) is 0 Å². The van der Waals surface area contributed by atoms with Gasteiger partial charge < -0.3 is 5.11 Å². The second-order valence-corrected chi connectivity index (χ2v) is 8.26. The monoisotopic (exact) mass is 318 g/mol. The highest BCUT2D eigenvalue weighted by Gasteiger charge is 2.40. The van der Waals surface area contributed by atoms with Crippen LogP contribution in [-0.2, 0) is 10.0 Å². The van der Waals surface area contributed by atoms with Crippen LogP contribution in [-0.4, -0.2) is 41.4 Å². The van der Waals surface area contributed by atoms with Gasteiger partial charge in [0.15, 0.2) is 9.90 Å². The average Bonchev–Trinajstić information content (AvgIpc) is 3.03. The summed E-state index contributed by atoms with van der Waals surface area (Å²) in [7, 11) is -3.76. The zero-order chi connectivity index (χ0) is 14.9. The third-order valence-corrected chi connectivity index (χ3v) is 6.46. The highest BCUT2D eigenvalue weighted by molar-refractivity contribution is 7.91. The Morgan fingerprint density at radius 3 is 2.70 bits per heavy atom. The summed E-state index contributed by atoms with van der Waals surface area (Å²) in [6.45, 7) is 4.50. The van der Waals surface area contributed by atoms with E-state index in [0.29, 0.717) is 12.5 Å². The predicted octanol–water partition coefficient (Wildman–Crippen LogP) is 2.04. The molecule has 0 unspecified atom stereocenters. The molecular weight excluding hydrogens is 300 g/mol. The first-order valence-corrected chi connectivity index (χ1v) is 8.84. The first kappa shape index (κ1) is 15.4. The number of hydrogen-bond acceptors (Lipinski definition) is 5. The van der Waals surface area contributed by atoms with Crippen molar-refractivity contribution in [1.82, 2.24) is 9.29 Å². The second-order valence-electron chi connectivity index (χ2n) is 5.32. The molecular formula is C12H18N2O4S2. The topological polar surface area (TPSA) is 87.6 Å². The van der Waals surface area contributed by atoms with Gasteiger partial charge in [-0.25, -0.2) is 18.2 Å². The minimum Gasteiger partial charge on any atom is -0.476 e. The molecule has 0 atom stereocenters. The lowest BCUT2D eigenvalue weighted by Crippen LogP contribution is -2.35.